The van der Waals surface area contributed by atoms with Crippen molar-refractivity contribution in [3.63, 3.8) is 0 Å². The SMILES string of the molecule is CCOC(=O)c1cccc(NC(C(=O)OC2CN3CCC2CC3)c2ccccc2)c1. The molecule has 158 valence electrons. The van der Waals surface area contributed by atoms with Crippen molar-refractivity contribution in [3.05, 3.63) is 65.7 Å². The molecule has 0 saturated carbocycles. The molecule has 0 amide bonds. The van der Waals surface area contributed by atoms with E-state index in [-0.39, 0.29) is 18.0 Å². The number of piperidine rings is 3. The van der Waals surface area contributed by atoms with Crippen molar-refractivity contribution in [2.45, 2.75) is 31.9 Å². The standard InChI is InChI=1S/C24H28N2O4/c1-2-29-23(27)19-9-6-10-20(15-19)25-22(18-7-4-3-5-8-18)24(28)30-21-16-26-13-11-17(21)12-14-26/h3-10,15,17,21-22,25H,2,11-14,16H2,1H3. The molecule has 2 atom stereocenters. The molecule has 2 aromatic carbocycles. The maximum Gasteiger partial charge on any atom is 0.338 e. The van der Waals surface area contributed by atoms with E-state index in [9.17, 15) is 9.59 Å². The lowest BCUT2D eigenvalue weighted by atomic mass is 9.86. The Kier molecular flexibility index (Phi) is 6.33. The summed E-state index contributed by atoms with van der Waals surface area (Å²) in [5.74, 6) is -0.226. The fourth-order valence-corrected chi connectivity index (χ4v) is 4.30. The van der Waals surface area contributed by atoms with Gasteiger partial charge in [0.2, 0.25) is 0 Å². The van der Waals surface area contributed by atoms with E-state index < -0.39 is 6.04 Å². The number of carbonyl (C=O) groups is 2. The van der Waals surface area contributed by atoms with Crippen LogP contribution in [0, 0.1) is 5.92 Å². The number of hydrogen-bond donors (Lipinski definition) is 1. The van der Waals surface area contributed by atoms with Gasteiger partial charge in [-0.25, -0.2) is 9.59 Å². The third-order valence-electron chi connectivity index (χ3n) is 5.92. The molecule has 3 saturated heterocycles. The first-order valence-electron chi connectivity index (χ1n) is 10.7. The molecule has 3 fully saturated rings. The van der Waals surface area contributed by atoms with Crippen molar-refractivity contribution < 1.29 is 19.1 Å². The monoisotopic (exact) mass is 408 g/mol. The summed E-state index contributed by atoms with van der Waals surface area (Å²) in [4.78, 5) is 27.7. The molecule has 6 heteroatoms. The van der Waals surface area contributed by atoms with Crippen LogP contribution in [0.2, 0.25) is 0 Å². The number of anilines is 1. The van der Waals surface area contributed by atoms with E-state index in [1.807, 2.05) is 36.4 Å². The summed E-state index contributed by atoms with van der Waals surface area (Å²) < 4.78 is 11.1. The molecule has 0 spiro atoms. The Morgan fingerprint density at radius 1 is 1.10 bits per heavy atom. The van der Waals surface area contributed by atoms with E-state index in [1.54, 1.807) is 25.1 Å². The third kappa shape index (κ3) is 4.65. The molecule has 30 heavy (non-hydrogen) atoms. The zero-order valence-electron chi connectivity index (χ0n) is 17.3. The van der Waals surface area contributed by atoms with Crippen LogP contribution in [0.4, 0.5) is 5.69 Å². The number of fused-ring (bicyclic) bond motifs is 3. The van der Waals surface area contributed by atoms with Gasteiger partial charge in [0.05, 0.1) is 12.2 Å². The molecule has 3 heterocycles. The first-order chi connectivity index (χ1) is 14.6. The van der Waals surface area contributed by atoms with Crippen LogP contribution >= 0.6 is 0 Å². The summed E-state index contributed by atoms with van der Waals surface area (Å²) >= 11 is 0. The topological polar surface area (TPSA) is 67.9 Å². The highest BCUT2D eigenvalue weighted by atomic mass is 16.5. The number of nitrogens with one attached hydrogen (secondary N) is 1. The Hall–Kier alpha value is -2.86. The molecule has 2 unspecified atom stereocenters. The number of hydrogen-bond acceptors (Lipinski definition) is 6. The Labute approximate surface area is 177 Å². The molecule has 0 aliphatic carbocycles. The molecule has 3 aliphatic heterocycles. The maximum atomic E-state index is 13.2. The maximum absolute atomic E-state index is 13.2. The Bertz CT molecular complexity index is 878. The van der Waals surface area contributed by atoms with Crippen LogP contribution in [0.1, 0.15) is 41.7 Å². The Morgan fingerprint density at radius 3 is 2.53 bits per heavy atom. The van der Waals surface area contributed by atoms with Gasteiger partial charge in [0.15, 0.2) is 6.04 Å². The van der Waals surface area contributed by atoms with Gasteiger partial charge in [0, 0.05) is 12.2 Å². The van der Waals surface area contributed by atoms with E-state index in [1.165, 1.54) is 0 Å². The highest BCUT2D eigenvalue weighted by Crippen LogP contribution is 2.31. The largest absolute Gasteiger partial charge is 0.462 e. The van der Waals surface area contributed by atoms with Gasteiger partial charge in [-0.2, -0.15) is 0 Å². The smallest absolute Gasteiger partial charge is 0.338 e. The molecular weight excluding hydrogens is 380 g/mol. The second kappa shape index (κ2) is 9.30. The van der Waals surface area contributed by atoms with Crippen LogP contribution in [-0.4, -0.2) is 49.2 Å². The number of ether oxygens (including phenoxy) is 2. The average Bonchev–Trinajstić information content (AvgIpc) is 2.79. The zero-order chi connectivity index (χ0) is 20.9. The highest BCUT2D eigenvalue weighted by Gasteiger charge is 2.37. The molecule has 0 radical (unpaired) electrons. The van der Waals surface area contributed by atoms with Crippen LogP contribution < -0.4 is 5.32 Å². The molecule has 1 N–H and O–H groups in total. The van der Waals surface area contributed by atoms with Crippen molar-refractivity contribution in [2.75, 3.05) is 31.6 Å². The van der Waals surface area contributed by atoms with Gasteiger partial charge in [-0.1, -0.05) is 36.4 Å². The summed E-state index contributed by atoms with van der Waals surface area (Å²) in [5.41, 5.74) is 1.94. The van der Waals surface area contributed by atoms with E-state index in [2.05, 4.69) is 10.2 Å². The quantitative estimate of drug-likeness (QED) is 0.706. The second-order valence-electron chi connectivity index (χ2n) is 7.90. The van der Waals surface area contributed by atoms with Crippen LogP contribution in [0.15, 0.2) is 54.6 Å². The molecule has 6 nitrogen and oxygen atoms in total. The van der Waals surface area contributed by atoms with E-state index >= 15 is 0 Å². The van der Waals surface area contributed by atoms with Gasteiger partial charge in [-0.05, 0) is 62.5 Å². The summed E-state index contributed by atoms with van der Waals surface area (Å²) in [7, 11) is 0. The Balaban J connectivity index is 1.53. The third-order valence-corrected chi connectivity index (χ3v) is 5.92. The molecule has 3 aliphatic rings. The van der Waals surface area contributed by atoms with Gasteiger partial charge < -0.3 is 14.8 Å². The number of carbonyl (C=O) groups excluding carboxylic acids is 2. The lowest BCUT2D eigenvalue weighted by Gasteiger charge is -2.44. The average molecular weight is 408 g/mol. The van der Waals surface area contributed by atoms with Crippen LogP contribution in [0.25, 0.3) is 0 Å². The number of nitrogens with zero attached hydrogens (tertiary/aromatic N) is 1. The van der Waals surface area contributed by atoms with Gasteiger partial charge in [-0.15, -0.1) is 0 Å². The van der Waals surface area contributed by atoms with Crippen molar-refractivity contribution >= 4 is 17.6 Å². The minimum absolute atomic E-state index is 0.0566. The molecular formula is C24H28N2O4. The fraction of sp³-hybridized carbons (Fsp3) is 0.417. The normalized spacial score (nSPS) is 23.4. The number of rotatable bonds is 7. The fourth-order valence-electron chi connectivity index (χ4n) is 4.30. The summed E-state index contributed by atoms with van der Waals surface area (Å²) in [6, 6.07) is 15.9. The first kappa shape index (κ1) is 20.4. The lowest BCUT2D eigenvalue weighted by Crippen LogP contribution is -2.52. The lowest BCUT2D eigenvalue weighted by molar-refractivity contribution is -0.159. The zero-order valence-corrected chi connectivity index (χ0v) is 17.3. The number of benzene rings is 2. The minimum atomic E-state index is -0.654. The van der Waals surface area contributed by atoms with E-state index in [0.717, 1.165) is 38.0 Å². The molecule has 0 aromatic heterocycles. The number of esters is 2. The predicted molar refractivity (Wildman–Crippen MR) is 114 cm³/mol. The molecule has 2 bridgehead atoms. The minimum Gasteiger partial charge on any atom is -0.462 e. The van der Waals surface area contributed by atoms with E-state index in [4.69, 9.17) is 9.47 Å². The summed E-state index contributed by atoms with van der Waals surface area (Å²) in [6.07, 6.45) is 2.12. The van der Waals surface area contributed by atoms with Crippen LogP contribution in [-0.2, 0) is 14.3 Å². The molecule has 2 aromatic rings. The van der Waals surface area contributed by atoms with Gasteiger partial charge >= 0.3 is 11.9 Å². The van der Waals surface area contributed by atoms with Crippen LogP contribution in [0.5, 0.6) is 0 Å². The first-order valence-corrected chi connectivity index (χ1v) is 10.7. The Morgan fingerprint density at radius 2 is 1.87 bits per heavy atom. The van der Waals surface area contributed by atoms with Crippen molar-refractivity contribution in [3.8, 4) is 0 Å². The summed E-state index contributed by atoms with van der Waals surface area (Å²) in [6.45, 7) is 5.10. The van der Waals surface area contributed by atoms with Gasteiger partial charge in [0.25, 0.3) is 0 Å². The van der Waals surface area contributed by atoms with Gasteiger partial charge in [0.1, 0.15) is 6.10 Å². The predicted octanol–water partition coefficient (Wildman–Crippen LogP) is 3.65. The highest BCUT2D eigenvalue weighted by molar-refractivity contribution is 5.91. The van der Waals surface area contributed by atoms with Gasteiger partial charge in [-0.3, -0.25) is 4.90 Å². The van der Waals surface area contributed by atoms with Crippen LogP contribution in [0.3, 0.4) is 0 Å². The molecule has 5 rings (SSSR count). The second-order valence-corrected chi connectivity index (χ2v) is 7.90. The van der Waals surface area contributed by atoms with E-state index in [0.29, 0.717) is 23.8 Å². The van der Waals surface area contributed by atoms with Crippen molar-refractivity contribution in [2.24, 2.45) is 5.92 Å². The van der Waals surface area contributed by atoms with Crippen molar-refractivity contribution in [1.82, 2.24) is 4.90 Å². The summed E-state index contributed by atoms with van der Waals surface area (Å²) in [5, 5.41) is 3.27. The van der Waals surface area contributed by atoms with Crippen molar-refractivity contribution in [1.29, 1.82) is 0 Å².